The first-order valence-electron chi connectivity index (χ1n) is 10.2. The molecule has 2 aliphatic rings. The number of cyclic esters (lactones) is 1. The normalized spacial score (nSPS) is 23.1. The second-order valence-electron chi connectivity index (χ2n) is 8.48. The molecule has 2 aromatic heterocycles. The van der Waals surface area contributed by atoms with Crippen LogP contribution in [0.25, 0.3) is 27.9 Å². The molecule has 0 saturated carbocycles. The van der Waals surface area contributed by atoms with Crippen LogP contribution >= 0.6 is 0 Å². The topological polar surface area (TPSA) is 105 Å². The van der Waals surface area contributed by atoms with Crippen LogP contribution in [-0.4, -0.2) is 62.8 Å². The zero-order chi connectivity index (χ0) is 22.1. The molecule has 2 aliphatic heterocycles. The number of carbonyl (C=O) groups excluding carboxylic acids is 2. The summed E-state index contributed by atoms with van der Waals surface area (Å²) in [6, 6.07) is 5.29. The number of pyridine rings is 1. The second kappa shape index (κ2) is 6.63. The molecule has 8 heteroatoms. The van der Waals surface area contributed by atoms with E-state index in [9.17, 15) is 19.8 Å². The molecule has 4 heterocycles. The maximum absolute atomic E-state index is 13.2. The predicted octanol–water partition coefficient (Wildman–Crippen LogP) is 2.31. The van der Waals surface area contributed by atoms with E-state index in [4.69, 9.17) is 9.72 Å². The number of fused-ring (bicyclic) bond motifs is 5. The zero-order valence-electron chi connectivity index (χ0n) is 17.5. The lowest BCUT2D eigenvalue weighted by molar-refractivity contribution is -0.168. The van der Waals surface area contributed by atoms with Crippen LogP contribution in [-0.2, 0) is 16.1 Å². The molecule has 2 N–H and O–H groups in total. The Morgan fingerprint density at radius 1 is 1.32 bits per heavy atom. The van der Waals surface area contributed by atoms with Crippen molar-refractivity contribution in [2.75, 3.05) is 20.7 Å². The SMILES string of the molecule is CC[C@@]1(O)C(=O)OCC2C(=O)n3cc4cc5c(CN(C)C)c(O)ccc5nc4c3C=C21. The van der Waals surface area contributed by atoms with Gasteiger partial charge >= 0.3 is 5.97 Å². The molecule has 1 aromatic carbocycles. The van der Waals surface area contributed by atoms with Gasteiger partial charge in [-0.1, -0.05) is 6.92 Å². The van der Waals surface area contributed by atoms with E-state index in [0.29, 0.717) is 28.8 Å². The smallest absolute Gasteiger partial charge is 0.342 e. The minimum Gasteiger partial charge on any atom is -0.508 e. The molecule has 160 valence electrons. The van der Waals surface area contributed by atoms with E-state index >= 15 is 0 Å². The monoisotopic (exact) mass is 421 g/mol. The van der Waals surface area contributed by atoms with Crippen molar-refractivity contribution in [1.29, 1.82) is 0 Å². The van der Waals surface area contributed by atoms with Gasteiger partial charge in [0.15, 0.2) is 5.60 Å². The van der Waals surface area contributed by atoms with Gasteiger partial charge in [-0.2, -0.15) is 0 Å². The van der Waals surface area contributed by atoms with Crippen molar-refractivity contribution in [3.05, 3.63) is 41.2 Å². The predicted molar refractivity (Wildman–Crippen MR) is 115 cm³/mol. The van der Waals surface area contributed by atoms with Crippen LogP contribution in [0.5, 0.6) is 5.75 Å². The molecule has 5 rings (SSSR count). The van der Waals surface area contributed by atoms with Crippen molar-refractivity contribution in [3.8, 4) is 5.75 Å². The summed E-state index contributed by atoms with van der Waals surface area (Å²) in [5, 5.41) is 22.9. The number of aromatic nitrogens is 2. The van der Waals surface area contributed by atoms with E-state index < -0.39 is 17.5 Å². The number of carbonyl (C=O) groups is 2. The van der Waals surface area contributed by atoms with Gasteiger partial charge in [0.05, 0.1) is 22.6 Å². The van der Waals surface area contributed by atoms with E-state index in [-0.39, 0.29) is 24.7 Å². The van der Waals surface area contributed by atoms with Crippen molar-refractivity contribution >= 4 is 39.8 Å². The number of esters is 1. The molecule has 1 saturated heterocycles. The highest BCUT2D eigenvalue weighted by molar-refractivity contribution is 6.05. The number of phenolic OH excluding ortho intramolecular Hbond substituents is 1. The molecule has 0 spiro atoms. The molecule has 2 atom stereocenters. The quantitative estimate of drug-likeness (QED) is 0.625. The number of hydrogen-bond acceptors (Lipinski definition) is 7. The Kier molecular flexibility index (Phi) is 4.22. The molecule has 1 fully saturated rings. The summed E-state index contributed by atoms with van der Waals surface area (Å²) in [5.41, 5.74) is 1.14. The fourth-order valence-corrected chi connectivity index (χ4v) is 4.60. The Morgan fingerprint density at radius 3 is 2.81 bits per heavy atom. The van der Waals surface area contributed by atoms with Gasteiger partial charge in [0.2, 0.25) is 5.91 Å². The largest absolute Gasteiger partial charge is 0.508 e. The number of aliphatic hydroxyl groups is 1. The first kappa shape index (κ1) is 19.7. The highest BCUT2D eigenvalue weighted by atomic mass is 16.6. The van der Waals surface area contributed by atoms with Crippen LogP contribution in [0.1, 0.15) is 29.4 Å². The summed E-state index contributed by atoms with van der Waals surface area (Å²) in [7, 11) is 3.85. The lowest BCUT2D eigenvalue weighted by atomic mass is 9.78. The van der Waals surface area contributed by atoms with Gasteiger partial charge in [-0.25, -0.2) is 9.78 Å². The zero-order valence-corrected chi connectivity index (χ0v) is 17.5. The molecule has 1 unspecified atom stereocenters. The highest BCUT2D eigenvalue weighted by Gasteiger charge is 2.51. The summed E-state index contributed by atoms with van der Waals surface area (Å²) >= 11 is 0. The molecule has 0 radical (unpaired) electrons. The van der Waals surface area contributed by atoms with Gasteiger partial charge in [-0.3, -0.25) is 9.36 Å². The number of aromatic hydroxyl groups is 1. The van der Waals surface area contributed by atoms with Crippen LogP contribution in [0.15, 0.2) is 30.0 Å². The van der Waals surface area contributed by atoms with E-state index in [2.05, 4.69) is 0 Å². The number of hydrogen-bond donors (Lipinski definition) is 2. The van der Waals surface area contributed by atoms with Gasteiger partial charge in [0.1, 0.15) is 12.4 Å². The van der Waals surface area contributed by atoms with Crippen molar-refractivity contribution in [1.82, 2.24) is 14.5 Å². The summed E-state index contributed by atoms with van der Waals surface area (Å²) in [4.78, 5) is 32.3. The third-order valence-corrected chi connectivity index (χ3v) is 6.27. The Hall–Kier alpha value is -3.23. The fraction of sp³-hybridized carbons (Fsp3) is 0.348. The average molecular weight is 421 g/mol. The lowest BCUT2D eigenvalue weighted by Gasteiger charge is -2.38. The van der Waals surface area contributed by atoms with E-state index in [1.165, 1.54) is 4.57 Å². The fourth-order valence-electron chi connectivity index (χ4n) is 4.60. The third-order valence-electron chi connectivity index (χ3n) is 6.27. The molecule has 8 nitrogen and oxygen atoms in total. The molecular formula is C23H23N3O5. The number of benzene rings is 1. The van der Waals surface area contributed by atoms with Gasteiger partial charge < -0.3 is 19.8 Å². The number of nitrogens with zero attached hydrogens (tertiary/aromatic N) is 3. The van der Waals surface area contributed by atoms with E-state index in [1.54, 1.807) is 31.3 Å². The average Bonchev–Trinajstić information content (AvgIpc) is 3.10. The summed E-state index contributed by atoms with van der Waals surface area (Å²) in [5.74, 6) is -1.51. The number of rotatable bonds is 3. The standard InChI is InChI=1S/C23H23N3O5/c1-4-23(30)16-8-18-20-12(9-26(18)21(28)15(16)11-31-22(23)29)7-13-14(10-25(2)3)19(27)6-5-17(13)24-20/h5-9,15,27,30H,4,10-11H2,1-3H3/t15?,23-/m0/s1. The maximum Gasteiger partial charge on any atom is 0.342 e. The summed E-state index contributed by atoms with van der Waals surface area (Å²) in [6.07, 6.45) is 3.54. The van der Waals surface area contributed by atoms with Crippen molar-refractivity contribution < 1.29 is 24.5 Å². The van der Waals surface area contributed by atoms with Crippen molar-refractivity contribution in [3.63, 3.8) is 0 Å². The molecule has 31 heavy (non-hydrogen) atoms. The molecule has 0 amide bonds. The lowest BCUT2D eigenvalue weighted by Crippen LogP contribution is -2.52. The molecule has 3 aromatic rings. The van der Waals surface area contributed by atoms with Gasteiger partial charge in [0, 0.05) is 29.1 Å². The van der Waals surface area contributed by atoms with Crippen molar-refractivity contribution in [2.45, 2.75) is 25.5 Å². The summed E-state index contributed by atoms with van der Waals surface area (Å²) < 4.78 is 6.65. The van der Waals surface area contributed by atoms with E-state index in [1.807, 2.05) is 25.1 Å². The first-order chi connectivity index (χ1) is 14.7. The van der Waals surface area contributed by atoms with Gasteiger partial charge in [-0.05, 0) is 50.4 Å². The Labute approximate surface area is 178 Å². The van der Waals surface area contributed by atoms with Crippen molar-refractivity contribution in [2.24, 2.45) is 5.92 Å². The highest BCUT2D eigenvalue weighted by Crippen LogP contribution is 2.41. The molecular weight excluding hydrogens is 398 g/mol. The number of phenols is 1. The van der Waals surface area contributed by atoms with Gasteiger partial charge in [-0.15, -0.1) is 0 Å². The summed E-state index contributed by atoms with van der Waals surface area (Å²) in [6.45, 7) is 2.14. The van der Waals surface area contributed by atoms with Crippen LogP contribution in [0.3, 0.4) is 0 Å². The van der Waals surface area contributed by atoms with Crippen LogP contribution < -0.4 is 0 Å². The Morgan fingerprint density at radius 2 is 2.10 bits per heavy atom. The second-order valence-corrected chi connectivity index (χ2v) is 8.48. The van der Waals surface area contributed by atoms with E-state index in [0.717, 1.165) is 16.3 Å². The van der Waals surface area contributed by atoms with Gasteiger partial charge in [0.25, 0.3) is 0 Å². The molecule has 0 bridgehead atoms. The van der Waals surface area contributed by atoms with Crippen LogP contribution in [0.4, 0.5) is 0 Å². The number of ether oxygens (including phenoxy) is 1. The minimum atomic E-state index is -1.82. The minimum absolute atomic E-state index is 0.0873. The van der Waals surface area contributed by atoms with Crippen LogP contribution in [0, 0.1) is 5.92 Å². The Bertz CT molecular complexity index is 1310. The third kappa shape index (κ3) is 2.72. The Balaban J connectivity index is 1.77. The maximum atomic E-state index is 13.2. The van der Waals surface area contributed by atoms with Crippen LogP contribution in [0.2, 0.25) is 0 Å². The molecule has 0 aliphatic carbocycles. The first-order valence-corrected chi connectivity index (χ1v) is 10.2.